The summed E-state index contributed by atoms with van der Waals surface area (Å²) in [5, 5.41) is 0. The molecule has 0 aliphatic carbocycles. The summed E-state index contributed by atoms with van der Waals surface area (Å²) in [6.07, 6.45) is 8.60. The number of benzene rings is 8. The van der Waals surface area contributed by atoms with E-state index in [0.717, 1.165) is 85.3 Å². The van der Waals surface area contributed by atoms with Crippen LogP contribution in [0.25, 0.3) is 0 Å². The van der Waals surface area contributed by atoms with Crippen molar-refractivity contribution in [1.82, 2.24) is 0 Å². The maximum atomic E-state index is 6.31. The number of hydrogen-bond acceptors (Lipinski definition) is 14. The number of unbranched alkanes of at least 4 members (excludes halogenated alkanes) is 3. The van der Waals surface area contributed by atoms with E-state index < -0.39 is 0 Å². The van der Waals surface area contributed by atoms with Gasteiger partial charge in [0.05, 0.1) is 33.0 Å². The van der Waals surface area contributed by atoms with Gasteiger partial charge in [-0.3, -0.25) is 0 Å². The molecule has 0 aromatic heterocycles. The lowest BCUT2D eigenvalue weighted by atomic mass is 9.78. The lowest BCUT2D eigenvalue weighted by Gasteiger charge is -2.27. The molecule has 4 saturated heterocycles. The molecule has 4 aliphatic rings. The van der Waals surface area contributed by atoms with Crippen molar-refractivity contribution in [2.24, 2.45) is 0 Å². The molecule has 4 unspecified atom stereocenters. The summed E-state index contributed by atoms with van der Waals surface area (Å²) >= 11 is 0. The molecule has 0 spiro atoms. The second-order valence-electron chi connectivity index (χ2n) is 29.2. The fraction of sp³-hybridized carbons (Fsp3) is 0.422. The van der Waals surface area contributed by atoms with Crippen LogP contribution in [-0.4, -0.2) is 129 Å². The Morgan fingerprint density at radius 1 is 0.327 bits per heavy atom. The number of epoxide rings is 4. The van der Waals surface area contributed by atoms with Gasteiger partial charge in [0, 0.05) is 28.3 Å². The predicted molar refractivity (Wildman–Crippen MR) is 413 cm³/mol. The molecule has 8 aromatic carbocycles. The van der Waals surface area contributed by atoms with Gasteiger partial charge in [0.15, 0.2) is 0 Å². The molecule has 0 N–H and O–H groups in total. The van der Waals surface area contributed by atoms with Crippen molar-refractivity contribution in [3.05, 3.63) is 264 Å². The van der Waals surface area contributed by atoms with Gasteiger partial charge in [-0.1, -0.05) is 191 Å². The third kappa shape index (κ3) is 24.0. The first kappa shape index (κ1) is 78.0. The molecule has 104 heavy (non-hydrogen) atoms. The molecule has 4 heterocycles. The van der Waals surface area contributed by atoms with Crippen molar-refractivity contribution >= 4 is 0 Å². The number of rotatable bonds is 41. The highest BCUT2D eigenvalue weighted by Gasteiger charge is 2.30. The summed E-state index contributed by atoms with van der Waals surface area (Å²) in [7, 11) is 0. The average Bonchev–Trinajstić information content (AvgIpc) is 1.36. The van der Waals surface area contributed by atoms with Gasteiger partial charge in [-0.15, -0.1) is 13.2 Å². The topological polar surface area (TPSA) is 142 Å². The van der Waals surface area contributed by atoms with Crippen LogP contribution in [0.15, 0.2) is 219 Å². The first-order valence-electron chi connectivity index (χ1n) is 37.1. The van der Waals surface area contributed by atoms with Gasteiger partial charge < -0.3 is 66.3 Å². The zero-order valence-electron chi connectivity index (χ0n) is 63.0. The molecule has 14 nitrogen and oxygen atoms in total. The summed E-state index contributed by atoms with van der Waals surface area (Å²) in [6, 6.07) is 66.7. The molecule has 14 heteroatoms. The quantitative estimate of drug-likeness (QED) is 0.0204. The van der Waals surface area contributed by atoms with E-state index >= 15 is 0 Å². The van der Waals surface area contributed by atoms with Crippen molar-refractivity contribution < 1.29 is 66.3 Å². The first-order valence-corrected chi connectivity index (χ1v) is 37.1. The Labute approximate surface area is 618 Å². The zero-order valence-corrected chi connectivity index (χ0v) is 63.0. The smallest absolute Gasteiger partial charge is 0.126 e. The van der Waals surface area contributed by atoms with Gasteiger partial charge in [-0.2, -0.15) is 0 Å². The Kier molecular flexibility index (Phi) is 28.4. The van der Waals surface area contributed by atoms with E-state index in [2.05, 4.69) is 173 Å². The summed E-state index contributed by atoms with van der Waals surface area (Å²) < 4.78 is 81.4. The minimum atomic E-state index is -0.273. The summed E-state index contributed by atoms with van der Waals surface area (Å²) in [5.41, 5.74) is 8.96. The first-order chi connectivity index (χ1) is 50.3. The maximum absolute atomic E-state index is 6.31. The fourth-order valence-electron chi connectivity index (χ4n) is 11.9. The molecular formula is C90H110O14. The minimum absolute atomic E-state index is 0.176. The lowest BCUT2D eigenvalue weighted by molar-refractivity contribution is -0.00878. The lowest BCUT2D eigenvalue weighted by Crippen LogP contribution is -2.29. The number of hydrogen-bond donors (Lipinski definition) is 0. The molecule has 12 rings (SSSR count). The van der Waals surface area contributed by atoms with Crippen LogP contribution < -0.4 is 37.9 Å². The summed E-state index contributed by atoms with van der Waals surface area (Å²) in [5.74, 6) is 6.65. The van der Waals surface area contributed by atoms with Crippen molar-refractivity contribution in [3.8, 4) is 46.0 Å². The van der Waals surface area contributed by atoms with Crippen LogP contribution >= 0.6 is 0 Å². The normalized spacial score (nSPS) is 17.1. The van der Waals surface area contributed by atoms with Crippen molar-refractivity contribution in [3.63, 3.8) is 0 Å². The Morgan fingerprint density at radius 2 is 0.529 bits per heavy atom. The van der Waals surface area contributed by atoms with Crippen LogP contribution in [0.4, 0.5) is 0 Å². The van der Waals surface area contributed by atoms with E-state index in [9.17, 15) is 0 Å². The van der Waals surface area contributed by atoms with Crippen LogP contribution in [0.1, 0.15) is 139 Å². The van der Waals surface area contributed by atoms with Crippen LogP contribution in [0.5, 0.6) is 46.0 Å². The van der Waals surface area contributed by atoms with Gasteiger partial charge in [0.2, 0.25) is 0 Å². The third-order valence-corrected chi connectivity index (χ3v) is 19.5. The van der Waals surface area contributed by atoms with Gasteiger partial charge in [0.1, 0.15) is 135 Å². The van der Waals surface area contributed by atoms with E-state index in [-0.39, 0.29) is 58.3 Å². The van der Waals surface area contributed by atoms with Crippen molar-refractivity contribution in [2.75, 3.05) is 92.5 Å². The summed E-state index contributed by atoms with van der Waals surface area (Å²) in [6.45, 7) is 37.3. The molecule has 0 bridgehead atoms. The predicted octanol–water partition coefficient (Wildman–Crippen LogP) is 18.4. The Morgan fingerprint density at radius 3 is 0.721 bits per heavy atom. The van der Waals surface area contributed by atoms with E-state index in [4.69, 9.17) is 66.3 Å². The minimum Gasteiger partial charge on any atom is -0.491 e. The molecule has 4 aliphatic heterocycles. The van der Waals surface area contributed by atoms with Gasteiger partial charge in [-0.05, 0) is 155 Å². The molecule has 8 aromatic rings. The number of allylic oxidation sites excluding steroid dienone is 1. The Balaban J connectivity index is 0.000000215. The SMILES string of the molecule is C=CC.C=CCOC(COc1ccc(C(C)(C)c2ccc(OCC3CO3)cc2)cc1)COc1ccc(C(C)(C)c2ccc(OCC3CO3)cc2)cc1.CCCCCCOC(COc1ccc(C(C)(C)c2ccc(OCC3CO3)cc2)cc1)COc1ccc(C(C)(C)c2ccc(OCC3CO3)cc2)cc1. The number of ether oxygens (including phenoxy) is 14. The molecular weight excluding hydrogens is 1300 g/mol. The second-order valence-corrected chi connectivity index (χ2v) is 29.2. The van der Waals surface area contributed by atoms with Gasteiger partial charge >= 0.3 is 0 Å². The van der Waals surface area contributed by atoms with Crippen molar-refractivity contribution in [1.29, 1.82) is 0 Å². The van der Waals surface area contributed by atoms with E-state index in [1.807, 2.05) is 104 Å². The average molecular weight is 1420 g/mol. The zero-order chi connectivity index (χ0) is 73.4. The van der Waals surface area contributed by atoms with E-state index in [1.54, 1.807) is 12.2 Å². The van der Waals surface area contributed by atoms with E-state index in [1.165, 1.54) is 57.3 Å². The maximum Gasteiger partial charge on any atom is 0.126 e. The highest BCUT2D eigenvalue weighted by molar-refractivity contribution is 5.46. The van der Waals surface area contributed by atoms with E-state index in [0.29, 0.717) is 66.1 Å². The van der Waals surface area contributed by atoms with Crippen LogP contribution in [0.3, 0.4) is 0 Å². The molecule has 554 valence electrons. The molecule has 4 atom stereocenters. The monoisotopic (exact) mass is 1410 g/mol. The van der Waals surface area contributed by atoms with Crippen LogP contribution in [-0.2, 0) is 50.1 Å². The Bertz CT molecular complexity index is 3580. The van der Waals surface area contributed by atoms with Crippen molar-refractivity contribution in [2.45, 2.75) is 153 Å². The van der Waals surface area contributed by atoms with Gasteiger partial charge in [0.25, 0.3) is 0 Å². The van der Waals surface area contributed by atoms with Crippen LogP contribution in [0.2, 0.25) is 0 Å². The molecule has 4 fully saturated rings. The second kappa shape index (κ2) is 37.9. The van der Waals surface area contributed by atoms with Crippen LogP contribution in [0, 0.1) is 0 Å². The highest BCUT2D eigenvalue weighted by Crippen LogP contribution is 2.38. The summed E-state index contributed by atoms with van der Waals surface area (Å²) in [4.78, 5) is 0. The molecule has 0 saturated carbocycles. The third-order valence-electron chi connectivity index (χ3n) is 19.5. The molecule has 0 radical (unpaired) electrons. The standard InChI is InChI=1S/C45H56O7.C42H48O7.C3H6/c1-6-7-8-9-26-46-41(27-47-37-18-10-33(11-19-37)44(2,3)35-14-22-39(23-15-35)49-29-42-31-51-42)28-48-38-20-12-34(13-21-38)45(4,5)36-16-24-40(25-17-36)50-30-43-32-52-43;1-6-23-43-38(24-44-34-15-7-30(8-16-34)41(2,3)32-11-19-36(20-12-32)46-26-39-28-48-39)25-45-35-17-9-31(10-18-35)42(4,5)33-13-21-37(22-14-33)47-27-40-29-49-40;1-3-2/h10-25,41-43H,6-9,26-32H2,1-5H3;6-22,38-40H,1,23-29H2,2-5H3;3H,1H2,2H3. The fourth-order valence-corrected chi connectivity index (χ4v) is 11.9. The van der Waals surface area contributed by atoms with Gasteiger partial charge in [-0.25, -0.2) is 0 Å². The Hall–Kier alpha value is -8.60. The largest absolute Gasteiger partial charge is 0.491 e. The molecule has 0 amide bonds. The highest BCUT2D eigenvalue weighted by atomic mass is 16.6.